The number of hydrogen-bond acceptors (Lipinski definition) is 4. The Morgan fingerprint density at radius 1 is 1.42 bits per heavy atom. The van der Waals surface area contributed by atoms with Gasteiger partial charge in [-0.05, 0) is 0 Å². The number of aliphatic carboxylic acids is 2. The Morgan fingerprint density at radius 3 is 2.33 bits per heavy atom. The molecular formula is C6H5NO4S. The highest BCUT2D eigenvalue weighted by Gasteiger charge is 2.29. The second-order valence-corrected chi connectivity index (χ2v) is 2.74. The number of thiazole rings is 1. The molecule has 64 valence electrons. The van der Waals surface area contributed by atoms with Crippen molar-refractivity contribution in [3.05, 3.63) is 16.6 Å². The Bertz CT molecular complexity index is 281. The van der Waals surface area contributed by atoms with Crippen molar-refractivity contribution >= 4 is 23.3 Å². The van der Waals surface area contributed by atoms with Crippen LogP contribution >= 0.6 is 11.3 Å². The van der Waals surface area contributed by atoms with Crippen LogP contribution in [-0.2, 0) is 9.59 Å². The third kappa shape index (κ3) is 1.59. The first kappa shape index (κ1) is 8.66. The topological polar surface area (TPSA) is 87.5 Å². The highest BCUT2D eigenvalue weighted by molar-refractivity contribution is 7.07. The van der Waals surface area contributed by atoms with E-state index in [1.807, 2.05) is 0 Å². The zero-order valence-electron chi connectivity index (χ0n) is 5.80. The molecule has 0 aliphatic rings. The molecule has 0 bridgehead atoms. The minimum Gasteiger partial charge on any atom is -0.480 e. The van der Waals surface area contributed by atoms with E-state index < -0.39 is 17.9 Å². The van der Waals surface area contributed by atoms with Gasteiger partial charge in [-0.2, -0.15) is 0 Å². The van der Waals surface area contributed by atoms with Crippen LogP contribution in [0.3, 0.4) is 0 Å². The van der Waals surface area contributed by atoms with Gasteiger partial charge in [0.05, 0.1) is 11.2 Å². The van der Waals surface area contributed by atoms with Crippen molar-refractivity contribution in [3.8, 4) is 0 Å². The number of carboxylic acids is 2. The van der Waals surface area contributed by atoms with Gasteiger partial charge in [0.1, 0.15) is 0 Å². The van der Waals surface area contributed by atoms with Crippen LogP contribution in [0.2, 0.25) is 0 Å². The molecule has 0 spiro atoms. The van der Waals surface area contributed by atoms with Gasteiger partial charge in [-0.15, -0.1) is 11.3 Å². The van der Waals surface area contributed by atoms with Gasteiger partial charge >= 0.3 is 11.9 Å². The smallest absolute Gasteiger partial charge is 0.324 e. The molecule has 2 N–H and O–H groups in total. The molecule has 1 aromatic rings. The van der Waals surface area contributed by atoms with Crippen molar-refractivity contribution in [1.29, 1.82) is 0 Å². The van der Waals surface area contributed by atoms with Crippen molar-refractivity contribution < 1.29 is 19.8 Å². The van der Waals surface area contributed by atoms with E-state index in [0.717, 1.165) is 11.3 Å². The summed E-state index contributed by atoms with van der Waals surface area (Å²) in [6.07, 6.45) is 0. The van der Waals surface area contributed by atoms with Crippen LogP contribution in [0.1, 0.15) is 11.6 Å². The second-order valence-electron chi connectivity index (χ2n) is 2.02. The maximum Gasteiger partial charge on any atom is 0.324 e. The standard InChI is InChI=1S/C6H5NO4S/c8-5(9)4(6(10)11)3-1-12-2-7-3/h1-2,4H,(H,8,9)(H,10,11). The van der Waals surface area contributed by atoms with Gasteiger partial charge in [-0.3, -0.25) is 9.59 Å². The van der Waals surface area contributed by atoms with E-state index in [9.17, 15) is 9.59 Å². The molecule has 0 fully saturated rings. The third-order valence-corrected chi connectivity index (χ3v) is 1.85. The third-order valence-electron chi connectivity index (χ3n) is 1.24. The predicted molar refractivity (Wildman–Crippen MR) is 40.1 cm³/mol. The first-order chi connectivity index (χ1) is 5.63. The van der Waals surface area contributed by atoms with Crippen LogP contribution in [0.15, 0.2) is 10.9 Å². The SMILES string of the molecule is O=C(O)C(C(=O)O)c1cscn1. The van der Waals surface area contributed by atoms with Crippen LogP contribution < -0.4 is 0 Å². The molecule has 1 aromatic heterocycles. The Labute approximate surface area is 71.3 Å². The number of hydrogen-bond donors (Lipinski definition) is 2. The fourth-order valence-corrected chi connectivity index (χ4v) is 1.30. The predicted octanol–water partition coefficient (Wildman–Crippen LogP) is 0.396. The number of carboxylic acid groups (broad SMARTS) is 2. The Hall–Kier alpha value is -1.43. The second kappa shape index (κ2) is 3.31. The van der Waals surface area contributed by atoms with Crippen molar-refractivity contribution in [2.24, 2.45) is 0 Å². The number of aromatic nitrogens is 1. The summed E-state index contributed by atoms with van der Waals surface area (Å²) in [5, 5.41) is 18.4. The lowest BCUT2D eigenvalue weighted by molar-refractivity contribution is -0.150. The van der Waals surface area contributed by atoms with Crippen molar-refractivity contribution in [3.63, 3.8) is 0 Å². The lowest BCUT2D eigenvalue weighted by Gasteiger charge is -2.01. The Balaban J connectivity index is 2.96. The van der Waals surface area contributed by atoms with E-state index in [0.29, 0.717) is 0 Å². The van der Waals surface area contributed by atoms with E-state index in [1.165, 1.54) is 10.9 Å². The van der Waals surface area contributed by atoms with Crippen LogP contribution in [0.5, 0.6) is 0 Å². The summed E-state index contributed by atoms with van der Waals surface area (Å²) in [6, 6.07) is 0. The van der Waals surface area contributed by atoms with Gasteiger partial charge in [0.25, 0.3) is 0 Å². The molecule has 0 unspecified atom stereocenters. The average Bonchev–Trinajstić information content (AvgIpc) is 2.37. The minimum absolute atomic E-state index is 0.0694. The van der Waals surface area contributed by atoms with Gasteiger partial charge in [0, 0.05) is 5.38 Å². The lowest BCUT2D eigenvalue weighted by atomic mass is 10.1. The quantitative estimate of drug-likeness (QED) is 0.668. The molecule has 0 atom stereocenters. The monoisotopic (exact) mass is 187 g/mol. The fraction of sp³-hybridized carbons (Fsp3) is 0.167. The summed E-state index contributed by atoms with van der Waals surface area (Å²) in [7, 11) is 0. The first-order valence-electron chi connectivity index (χ1n) is 2.96. The summed E-state index contributed by atoms with van der Waals surface area (Å²) in [6.45, 7) is 0. The number of nitrogens with zero attached hydrogens (tertiary/aromatic N) is 1. The highest BCUT2D eigenvalue weighted by Crippen LogP contribution is 2.15. The van der Waals surface area contributed by atoms with E-state index in [2.05, 4.69) is 4.98 Å². The molecule has 0 saturated heterocycles. The Kier molecular flexibility index (Phi) is 2.39. The van der Waals surface area contributed by atoms with E-state index in [4.69, 9.17) is 10.2 Å². The zero-order chi connectivity index (χ0) is 9.14. The molecule has 0 aliphatic carbocycles. The number of rotatable bonds is 3. The van der Waals surface area contributed by atoms with Gasteiger partial charge in [-0.1, -0.05) is 0 Å². The van der Waals surface area contributed by atoms with Gasteiger partial charge < -0.3 is 10.2 Å². The van der Waals surface area contributed by atoms with E-state index in [-0.39, 0.29) is 5.69 Å². The van der Waals surface area contributed by atoms with E-state index >= 15 is 0 Å². The van der Waals surface area contributed by atoms with Gasteiger partial charge in [-0.25, -0.2) is 4.98 Å². The molecular weight excluding hydrogens is 182 g/mol. The molecule has 6 heteroatoms. The van der Waals surface area contributed by atoms with Crippen molar-refractivity contribution in [1.82, 2.24) is 4.98 Å². The maximum absolute atomic E-state index is 10.4. The molecule has 0 saturated carbocycles. The molecule has 1 heterocycles. The van der Waals surface area contributed by atoms with Crippen LogP contribution in [0.25, 0.3) is 0 Å². The molecule has 0 amide bonds. The summed E-state index contributed by atoms with van der Waals surface area (Å²) < 4.78 is 0. The normalized spacial score (nSPS) is 10.1. The number of carbonyl (C=O) groups is 2. The van der Waals surface area contributed by atoms with E-state index in [1.54, 1.807) is 0 Å². The molecule has 1 rings (SSSR count). The molecule has 12 heavy (non-hydrogen) atoms. The van der Waals surface area contributed by atoms with Gasteiger partial charge in [0.2, 0.25) is 0 Å². The molecule has 0 aliphatic heterocycles. The molecule has 0 radical (unpaired) electrons. The van der Waals surface area contributed by atoms with Crippen LogP contribution in [0.4, 0.5) is 0 Å². The van der Waals surface area contributed by atoms with Crippen molar-refractivity contribution in [2.75, 3.05) is 0 Å². The lowest BCUT2D eigenvalue weighted by Crippen LogP contribution is -2.21. The fourth-order valence-electron chi connectivity index (χ4n) is 0.723. The first-order valence-corrected chi connectivity index (χ1v) is 3.91. The summed E-state index contributed by atoms with van der Waals surface area (Å²) in [5.41, 5.74) is 1.47. The highest BCUT2D eigenvalue weighted by atomic mass is 32.1. The molecule has 0 aromatic carbocycles. The zero-order valence-corrected chi connectivity index (χ0v) is 6.61. The minimum atomic E-state index is -1.55. The summed E-state index contributed by atoms with van der Waals surface area (Å²) in [5.74, 6) is -4.34. The van der Waals surface area contributed by atoms with Crippen LogP contribution in [0, 0.1) is 0 Å². The molecule has 5 nitrogen and oxygen atoms in total. The average molecular weight is 187 g/mol. The van der Waals surface area contributed by atoms with Crippen molar-refractivity contribution in [2.45, 2.75) is 5.92 Å². The summed E-state index contributed by atoms with van der Waals surface area (Å²) in [4.78, 5) is 24.5. The van der Waals surface area contributed by atoms with Crippen LogP contribution in [-0.4, -0.2) is 27.1 Å². The summed E-state index contributed by atoms with van der Waals surface area (Å²) >= 11 is 1.16. The Morgan fingerprint density at radius 2 is 2.00 bits per heavy atom. The maximum atomic E-state index is 10.4. The van der Waals surface area contributed by atoms with Gasteiger partial charge in [0.15, 0.2) is 5.92 Å². The largest absolute Gasteiger partial charge is 0.480 e.